The number of hydrogen-bond acceptors (Lipinski definition) is 2. The lowest BCUT2D eigenvalue weighted by Gasteiger charge is -2.45. The second kappa shape index (κ2) is 7.11. The van der Waals surface area contributed by atoms with Gasteiger partial charge in [0.05, 0.1) is 16.8 Å². The van der Waals surface area contributed by atoms with Crippen LogP contribution in [0.3, 0.4) is 0 Å². The smallest absolute Gasteiger partial charge is 0.0754 e. The van der Waals surface area contributed by atoms with Crippen LogP contribution in [0.15, 0.2) is 134 Å². The minimum absolute atomic E-state index is 0.519. The summed E-state index contributed by atoms with van der Waals surface area (Å²) in [5.74, 6) is 0. The van der Waals surface area contributed by atoms with E-state index in [1.165, 1.54) is 22.3 Å². The maximum absolute atomic E-state index is 6.60. The highest BCUT2D eigenvalue weighted by molar-refractivity contribution is 5.96. The van der Waals surface area contributed by atoms with Crippen LogP contribution in [-0.2, 0) is 5.41 Å². The zero-order valence-electron chi connectivity index (χ0n) is 18.3. The van der Waals surface area contributed by atoms with Gasteiger partial charge in [-0.05, 0) is 58.2 Å². The molecule has 1 heterocycles. The molecule has 4 aromatic rings. The summed E-state index contributed by atoms with van der Waals surface area (Å²) >= 11 is 0. The van der Waals surface area contributed by atoms with Gasteiger partial charge in [-0.2, -0.15) is 0 Å². The number of nitrogens with zero attached hydrogens (tertiary/aromatic N) is 1. The molecule has 158 valence electrons. The minimum atomic E-state index is -0.519. The van der Waals surface area contributed by atoms with Gasteiger partial charge in [0.15, 0.2) is 0 Å². The van der Waals surface area contributed by atoms with Gasteiger partial charge in [-0.1, -0.05) is 92.0 Å². The molecule has 0 fully saturated rings. The highest BCUT2D eigenvalue weighted by Gasteiger charge is 2.52. The van der Waals surface area contributed by atoms with Crippen molar-refractivity contribution in [2.24, 2.45) is 0 Å². The first kappa shape index (κ1) is 19.4. The standard InChI is InChI=1S/C31H24N2/c1-3-23-28(4-2)33(21-13-6-5-7-14-21)29-20-11-10-17-25(29)31(23)24-16-9-8-15-22(24)30-26(31)18-12-19-27(30)32/h3-20H,1-2,32H2. The first-order chi connectivity index (χ1) is 16.2. The molecular weight excluding hydrogens is 400 g/mol. The van der Waals surface area contributed by atoms with Crippen molar-refractivity contribution in [2.45, 2.75) is 5.41 Å². The molecule has 0 bridgehead atoms. The lowest BCUT2D eigenvalue weighted by molar-refractivity contribution is 0.738. The van der Waals surface area contributed by atoms with Gasteiger partial charge < -0.3 is 10.6 Å². The molecule has 6 rings (SSSR count). The molecule has 1 aliphatic carbocycles. The molecule has 2 N–H and O–H groups in total. The summed E-state index contributed by atoms with van der Waals surface area (Å²) in [4.78, 5) is 2.29. The fourth-order valence-corrected chi connectivity index (χ4v) is 5.82. The third kappa shape index (κ3) is 2.38. The minimum Gasteiger partial charge on any atom is -0.398 e. The zero-order valence-corrected chi connectivity index (χ0v) is 18.3. The van der Waals surface area contributed by atoms with Crippen LogP contribution >= 0.6 is 0 Å². The molecule has 0 amide bonds. The van der Waals surface area contributed by atoms with Gasteiger partial charge in [0.2, 0.25) is 0 Å². The van der Waals surface area contributed by atoms with Crippen LogP contribution in [0.25, 0.3) is 11.1 Å². The van der Waals surface area contributed by atoms with E-state index in [1.54, 1.807) is 0 Å². The van der Waals surface area contributed by atoms with Crippen molar-refractivity contribution < 1.29 is 0 Å². The summed E-state index contributed by atoms with van der Waals surface area (Å²) in [5.41, 5.74) is 17.2. The molecule has 1 aliphatic heterocycles. The molecule has 0 aromatic heterocycles. The Morgan fingerprint density at radius 3 is 2.09 bits per heavy atom. The lowest BCUT2D eigenvalue weighted by Crippen LogP contribution is -2.38. The Labute approximate surface area is 194 Å². The fraction of sp³-hybridized carbons (Fsp3) is 0.0323. The number of benzene rings is 4. The van der Waals surface area contributed by atoms with Gasteiger partial charge in [-0.15, -0.1) is 0 Å². The maximum Gasteiger partial charge on any atom is 0.0754 e. The third-order valence-electron chi connectivity index (χ3n) is 6.98. The Morgan fingerprint density at radius 2 is 1.33 bits per heavy atom. The summed E-state index contributed by atoms with van der Waals surface area (Å²) in [5, 5.41) is 0. The Balaban J connectivity index is 1.83. The van der Waals surface area contributed by atoms with Crippen LogP contribution in [0.5, 0.6) is 0 Å². The quantitative estimate of drug-likeness (QED) is 0.348. The highest BCUT2D eigenvalue weighted by atomic mass is 15.2. The Kier molecular flexibility index (Phi) is 4.18. The normalized spacial score (nSPS) is 18.0. The van der Waals surface area contributed by atoms with Crippen molar-refractivity contribution in [3.63, 3.8) is 0 Å². The first-order valence-corrected chi connectivity index (χ1v) is 11.2. The monoisotopic (exact) mass is 424 g/mol. The molecule has 0 saturated heterocycles. The van der Waals surface area contributed by atoms with Crippen molar-refractivity contribution in [1.29, 1.82) is 0 Å². The zero-order chi connectivity index (χ0) is 22.6. The van der Waals surface area contributed by atoms with E-state index in [-0.39, 0.29) is 0 Å². The van der Waals surface area contributed by atoms with Crippen LogP contribution in [0, 0.1) is 0 Å². The number of nitrogens with two attached hydrogens (primary N) is 1. The Hall–Kier alpha value is -4.30. The highest BCUT2D eigenvalue weighted by Crippen LogP contribution is 2.62. The average Bonchev–Trinajstić information content (AvgIpc) is 3.16. The number of allylic oxidation sites excluding steroid dienone is 3. The molecule has 1 spiro atoms. The molecule has 2 nitrogen and oxygen atoms in total. The molecular formula is C31H24N2. The molecule has 2 heteroatoms. The van der Waals surface area contributed by atoms with E-state index in [1.807, 2.05) is 24.3 Å². The first-order valence-electron chi connectivity index (χ1n) is 11.2. The van der Waals surface area contributed by atoms with Gasteiger partial charge >= 0.3 is 0 Å². The second-order valence-corrected chi connectivity index (χ2v) is 8.46. The van der Waals surface area contributed by atoms with Crippen LogP contribution in [-0.4, -0.2) is 0 Å². The van der Waals surface area contributed by atoms with E-state index in [2.05, 4.69) is 103 Å². The summed E-state index contributed by atoms with van der Waals surface area (Å²) < 4.78 is 0. The number of fused-ring (bicyclic) bond motifs is 7. The van der Waals surface area contributed by atoms with Crippen LogP contribution in [0.4, 0.5) is 17.1 Å². The molecule has 2 aliphatic rings. The van der Waals surface area contributed by atoms with Gasteiger partial charge in [0.25, 0.3) is 0 Å². The largest absolute Gasteiger partial charge is 0.398 e. The van der Waals surface area contributed by atoms with Gasteiger partial charge in [-0.25, -0.2) is 0 Å². The van der Waals surface area contributed by atoms with E-state index >= 15 is 0 Å². The van der Waals surface area contributed by atoms with Crippen molar-refractivity contribution >= 4 is 17.1 Å². The molecule has 4 aromatic carbocycles. The summed E-state index contributed by atoms with van der Waals surface area (Å²) in [6.07, 6.45) is 3.95. The summed E-state index contributed by atoms with van der Waals surface area (Å²) in [7, 11) is 0. The number of hydrogen-bond donors (Lipinski definition) is 1. The van der Waals surface area contributed by atoms with Crippen LogP contribution < -0.4 is 10.6 Å². The predicted octanol–water partition coefficient (Wildman–Crippen LogP) is 7.36. The van der Waals surface area contributed by atoms with Crippen molar-refractivity contribution in [3.05, 3.63) is 150 Å². The number of anilines is 3. The second-order valence-electron chi connectivity index (χ2n) is 8.46. The SMILES string of the molecule is C=CC1=C(C=C)C2(c3ccccc3-c3c(N)cccc32)c2ccccc2N1c1ccccc1. The van der Waals surface area contributed by atoms with E-state index < -0.39 is 5.41 Å². The molecule has 0 radical (unpaired) electrons. The third-order valence-corrected chi connectivity index (χ3v) is 6.98. The van der Waals surface area contributed by atoms with Crippen molar-refractivity contribution in [3.8, 4) is 11.1 Å². The maximum atomic E-state index is 6.60. The van der Waals surface area contributed by atoms with E-state index in [0.717, 1.165) is 33.9 Å². The van der Waals surface area contributed by atoms with Gasteiger partial charge in [-0.3, -0.25) is 0 Å². The molecule has 1 unspecified atom stereocenters. The molecule has 0 saturated carbocycles. The fourth-order valence-electron chi connectivity index (χ4n) is 5.82. The van der Waals surface area contributed by atoms with Crippen LogP contribution in [0.2, 0.25) is 0 Å². The van der Waals surface area contributed by atoms with E-state index in [9.17, 15) is 0 Å². The Morgan fingerprint density at radius 1 is 0.667 bits per heavy atom. The molecule has 33 heavy (non-hydrogen) atoms. The van der Waals surface area contributed by atoms with Gasteiger partial charge in [0, 0.05) is 16.9 Å². The van der Waals surface area contributed by atoms with Crippen LogP contribution in [0.1, 0.15) is 16.7 Å². The number of para-hydroxylation sites is 2. The van der Waals surface area contributed by atoms with E-state index in [0.29, 0.717) is 0 Å². The summed E-state index contributed by atoms with van der Waals surface area (Å²) in [6, 6.07) is 34.0. The number of nitrogen functional groups attached to an aromatic ring is 1. The van der Waals surface area contributed by atoms with Gasteiger partial charge in [0.1, 0.15) is 0 Å². The van der Waals surface area contributed by atoms with E-state index in [4.69, 9.17) is 5.73 Å². The molecule has 1 atom stereocenters. The summed E-state index contributed by atoms with van der Waals surface area (Å²) in [6.45, 7) is 8.55. The van der Waals surface area contributed by atoms with Crippen molar-refractivity contribution in [1.82, 2.24) is 0 Å². The average molecular weight is 425 g/mol. The topological polar surface area (TPSA) is 29.3 Å². The lowest BCUT2D eigenvalue weighted by atomic mass is 9.64. The number of rotatable bonds is 3. The van der Waals surface area contributed by atoms with Crippen molar-refractivity contribution in [2.75, 3.05) is 10.6 Å². The Bertz CT molecular complexity index is 1460. The predicted molar refractivity (Wildman–Crippen MR) is 139 cm³/mol.